The first-order valence-electron chi connectivity index (χ1n) is 8.56. The molecular formula is C20H19ClFN3O2. The molecule has 0 atom stereocenters. The van der Waals surface area contributed by atoms with E-state index in [9.17, 15) is 14.0 Å². The van der Waals surface area contributed by atoms with E-state index in [4.69, 9.17) is 11.6 Å². The quantitative estimate of drug-likeness (QED) is 0.786. The fourth-order valence-corrected chi connectivity index (χ4v) is 3.07. The zero-order valence-corrected chi connectivity index (χ0v) is 15.6. The highest BCUT2D eigenvalue weighted by Gasteiger charge is 2.27. The van der Waals surface area contributed by atoms with Crippen LogP contribution in [0.3, 0.4) is 0 Å². The highest BCUT2D eigenvalue weighted by atomic mass is 35.5. The molecule has 0 saturated heterocycles. The van der Waals surface area contributed by atoms with Crippen LogP contribution >= 0.6 is 11.6 Å². The van der Waals surface area contributed by atoms with E-state index in [1.807, 2.05) is 30.3 Å². The Labute approximate surface area is 162 Å². The molecule has 27 heavy (non-hydrogen) atoms. The number of halogens is 2. The van der Waals surface area contributed by atoms with Crippen molar-refractivity contribution in [2.45, 2.75) is 25.9 Å². The third-order valence-corrected chi connectivity index (χ3v) is 4.68. The standard InChI is InChI=1S/C20H19ClFN3O2/c1-24(13-15-16(21)8-5-9-17(15)22)20(27)18-10-11-19(26)25(23-18)12-14-6-3-2-4-7-14/h2-9H,10-13H2,1H3. The van der Waals surface area contributed by atoms with Crippen LogP contribution in [-0.4, -0.2) is 34.5 Å². The molecule has 2 amide bonds. The molecule has 0 saturated carbocycles. The maximum atomic E-state index is 14.0. The highest BCUT2D eigenvalue weighted by Crippen LogP contribution is 2.21. The monoisotopic (exact) mass is 387 g/mol. The maximum absolute atomic E-state index is 14.0. The van der Waals surface area contributed by atoms with Crippen molar-refractivity contribution < 1.29 is 14.0 Å². The van der Waals surface area contributed by atoms with Gasteiger partial charge in [0.1, 0.15) is 11.5 Å². The molecule has 140 valence electrons. The van der Waals surface area contributed by atoms with Crippen LogP contribution < -0.4 is 0 Å². The minimum absolute atomic E-state index is 0.0238. The van der Waals surface area contributed by atoms with E-state index in [2.05, 4.69) is 5.10 Å². The number of carbonyl (C=O) groups is 2. The second-order valence-electron chi connectivity index (χ2n) is 6.35. The first-order chi connectivity index (χ1) is 13.0. The molecule has 2 aromatic rings. The molecule has 0 fully saturated rings. The summed E-state index contributed by atoms with van der Waals surface area (Å²) in [6.07, 6.45) is 0.476. The lowest BCUT2D eigenvalue weighted by molar-refractivity contribution is -0.132. The van der Waals surface area contributed by atoms with Crippen molar-refractivity contribution in [3.05, 3.63) is 70.5 Å². The summed E-state index contributed by atoms with van der Waals surface area (Å²) in [7, 11) is 1.56. The minimum atomic E-state index is -0.464. The van der Waals surface area contributed by atoms with Crippen molar-refractivity contribution in [3.8, 4) is 0 Å². The number of rotatable bonds is 5. The van der Waals surface area contributed by atoms with Gasteiger partial charge < -0.3 is 4.90 Å². The lowest BCUT2D eigenvalue weighted by Crippen LogP contribution is -2.39. The molecule has 1 aliphatic heterocycles. The molecule has 5 nitrogen and oxygen atoms in total. The molecule has 2 aromatic carbocycles. The van der Waals surface area contributed by atoms with Crippen LogP contribution in [0.25, 0.3) is 0 Å². The van der Waals surface area contributed by atoms with Crippen molar-refractivity contribution in [2.24, 2.45) is 5.10 Å². The third-order valence-electron chi connectivity index (χ3n) is 4.33. The third kappa shape index (κ3) is 4.52. The first-order valence-corrected chi connectivity index (χ1v) is 8.93. The van der Waals surface area contributed by atoms with E-state index in [1.165, 1.54) is 22.0 Å². The van der Waals surface area contributed by atoms with E-state index in [1.54, 1.807) is 13.1 Å². The van der Waals surface area contributed by atoms with E-state index in [-0.39, 0.29) is 47.5 Å². The van der Waals surface area contributed by atoms with E-state index in [0.29, 0.717) is 6.54 Å². The van der Waals surface area contributed by atoms with Crippen molar-refractivity contribution in [1.82, 2.24) is 9.91 Å². The van der Waals surface area contributed by atoms with Crippen LogP contribution in [0.4, 0.5) is 4.39 Å². The first kappa shape index (κ1) is 19.0. The van der Waals surface area contributed by atoms with E-state index < -0.39 is 5.82 Å². The Bertz CT molecular complexity index is 866. The lowest BCUT2D eigenvalue weighted by Gasteiger charge is -2.25. The van der Waals surface area contributed by atoms with Crippen LogP contribution in [0.2, 0.25) is 5.02 Å². The molecule has 7 heteroatoms. The summed E-state index contributed by atoms with van der Waals surface area (Å²) in [4.78, 5) is 26.2. The van der Waals surface area contributed by atoms with Gasteiger partial charge in [-0.15, -0.1) is 0 Å². The molecule has 0 N–H and O–H groups in total. The van der Waals surface area contributed by atoms with Crippen molar-refractivity contribution in [2.75, 3.05) is 7.05 Å². The topological polar surface area (TPSA) is 53.0 Å². The zero-order valence-electron chi connectivity index (χ0n) is 14.9. The second kappa shape index (κ2) is 8.31. The number of carbonyl (C=O) groups excluding carboxylic acids is 2. The maximum Gasteiger partial charge on any atom is 0.270 e. The van der Waals surface area contributed by atoms with Gasteiger partial charge in [0.25, 0.3) is 5.91 Å². The predicted octanol–water partition coefficient (Wildman–Crippen LogP) is 3.62. The van der Waals surface area contributed by atoms with Gasteiger partial charge in [-0.1, -0.05) is 48.0 Å². The molecule has 0 aliphatic carbocycles. The fourth-order valence-electron chi connectivity index (χ4n) is 2.85. The Balaban J connectivity index is 1.74. The molecule has 3 rings (SSSR count). The average molecular weight is 388 g/mol. The minimum Gasteiger partial charge on any atom is -0.336 e. The largest absolute Gasteiger partial charge is 0.336 e. The fraction of sp³-hybridized carbons (Fsp3) is 0.250. The summed E-state index contributed by atoms with van der Waals surface area (Å²) in [5, 5.41) is 5.83. The highest BCUT2D eigenvalue weighted by molar-refractivity contribution is 6.39. The Morgan fingerprint density at radius 1 is 1.19 bits per heavy atom. The summed E-state index contributed by atoms with van der Waals surface area (Å²) in [6.45, 7) is 0.329. The Morgan fingerprint density at radius 3 is 2.63 bits per heavy atom. The van der Waals surface area contributed by atoms with Crippen LogP contribution in [0.5, 0.6) is 0 Å². The summed E-state index contributed by atoms with van der Waals surface area (Å²) in [5.74, 6) is -0.941. The van der Waals surface area contributed by atoms with Gasteiger partial charge in [-0.25, -0.2) is 9.40 Å². The van der Waals surface area contributed by atoms with Crippen molar-refractivity contribution in [3.63, 3.8) is 0 Å². The number of hydrogen-bond acceptors (Lipinski definition) is 3. The summed E-state index contributed by atoms with van der Waals surface area (Å²) >= 11 is 6.04. The number of benzene rings is 2. The van der Waals surface area contributed by atoms with E-state index in [0.717, 1.165) is 5.56 Å². The molecular weight excluding hydrogens is 369 g/mol. The molecule has 0 bridgehead atoms. The summed E-state index contributed by atoms with van der Waals surface area (Å²) in [5.41, 5.74) is 1.46. The normalized spacial score (nSPS) is 14.1. The van der Waals surface area contributed by atoms with Crippen LogP contribution in [0.1, 0.15) is 24.0 Å². The molecule has 1 aliphatic rings. The Morgan fingerprint density at radius 2 is 1.93 bits per heavy atom. The number of hydrazone groups is 1. The van der Waals surface area contributed by atoms with Crippen LogP contribution in [0, 0.1) is 5.82 Å². The molecule has 1 heterocycles. The van der Waals surface area contributed by atoms with Crippen molar-refractivity contribution in [1.29, 1.82) is 0 Å². The molecule has 0 spiro atoms. The number of hydrogen-bond donors (Lipinski definition) is 0. The van der Waals surface area contributed by atoms with Gasteiger partial charge in [-0.3, -0.25) is 9.59 Å². The van der Waals surface area contributed by atoms with Gasteiger partial charge >= 0.3 is 0 Å². The molecule has 0 unspecified atom stereocenters. The second-order valence-corrected chi connectivity index (χ2v) is 6.75. The van der Waals surface area contributed by atoms with Gasteiger partial charge in [0, 0.05) is 30.5 Å². The smallest absolute Gasteiger partial charge is 0.270 e. The van der Waals surface area contributed by atoms with Crippen LogP contribution in [0.15, 0.2) is 53.6 Å². The van der Waals surface area contributed by atoms with E-state index >= 15 is 0 Å². The lowest BCUT2D eigenvalue weighted by atomic mass is 10.1. The average Bonchev–Trinajstić information content (AvgIpc) is 2.66. The van der Waals surface area contributed by atoms with Gasteiger partial charge in [0.05, 0.1) is 13.1 Å². The van der Waals surface area contributed by atoms with Gasteiger partial charge in [-0.05, 0) is 17.7 Å². The Kier molecular flexibility index (Phi) is 5.86. The summed E-state index contributed by atoms with van der Waals surface area (Å²) < 4.78 is 14.0. The van der Waals surface area contributed by atoms with Crippen molar-refractivity contribution >= 4 is 29.1 Å². The molecule has 0 aromatic heterocycles. The summed E-state index contributed by atoms with van der Waals surface area (Å²) in [6, 6.07) is 13.8. The van der Waals surface area contributed by atoms with Crippen LogP contribution in [-0.2, 0) is 22.7 Å². The predicted molar refractivity (Wildman–Crippen MR) is 102 cm³/mol. The number of amides is 2. The Hall–Kier alpha value is -2.73. The van der Waals surface area contributed by atoms with Gasteiger partial charge in [0.2, 0.25) is 5.91 Å². The molecule has 0 radical (unpaired) electrons. The van der Waals surface area contributed by atoms with Gasteiger partial charge in [0.15, 0.2) is 0 Å². The SMILES string of the molecule is CN(Cc1c(F)cccc1Cl)C(=O)C1=NN(Cc2ccccc2)C(=O)CC1. The zero-order chi connectivity index (χ0) is 19.4. The number of nitrogens with zero attached hydrogens (tertiary/aromatic N) is 3. The van der Waals surface area contributed by atoms with Gasteiger partial charge in [-0.2, -0.15) is 5.10 Å².